The van der Waals surface area contributed by atoms with E-state index in [0.717, 1.165) is 41.8 Å². The van der Waals surface area contributed by atoms with E-state index in [2.05, 4.69) is 16.8 Å². The zero-order valence-corrected chi connectivity index (χ0v) is 30.9. The summed E-state index contributed by atoms with van der Waals surface area (Å²) in [4.78, 5) is 25.0. The fourth-order valence-electron chi connectivity index (χ4n) is 8.21. The smallest absolute Gasteiger partial charge is 0.420 e. The van der Waals surface area contributed by atoms with Crippen molar-refractivity contribution < 1.29 is 45.4 Å². The predicted octanol–water partition coefficient (Wildman–Crippen LogP) is 10.1. The van der Waals surface area contributed by atoms with Crippen LogP contribution >= 0.6 is 0 Å². The van der Waals surface area contributed by atoms with Crippen LogP contribution in [0.4, 0.5) is 22.0 Å². The number of halogens is 5. The second-order valence-corrected chi connectivity index (χ2v) is 14.9. The first-order valence-corrected chi connectivity index (χ1v) is 18.5. The van der Waals surface area contributed by atoms with Crippen LogP contribution in [0.15, 0.2) is 69.5 Å². The van der Waals surface area contributed by atoms with Gasteiger partial charge in [-0.3, -0.25) is 14.6 Å². The third kappa shape index (κ3) is 7.23. The summed E-state index contributed by atoms with van der Waals surface area (Å²) in [5.41, 5.74) is 4.74. The van der Waals surface area contributed by atoms with Crippen LogP contribution in [-0.2, 0) is 24.1 Å². The molecule has 1 unspecified atom stereocenters. The Kier molecular flexibility index (Phi) is 9.82. The highest BCUT2D eigenvalue weighted by Crippen LogP contribution is 2.42. The van der Waals surface area contributed by atoms with Crippen LogP contribution in [0.5, 0.6) is 5.75 Å². The lowest BCUT2D eigenvalue weighted by molar-refractivity contribution is -0.142. The molecule has 56 heavy (non-hydrogen) atoms. The average molecular weight is 775 g/mol. The first-order chi connectivity index (χ1) is 26.7. The number of benzene rings is 4. The summed E-state index contributed by atoms with van der Waals surface area (Å²) in [5, 5.41) is 9.65. The molecule has 0 bridgehead atoms. The third-order valence-corrected chi connectivity index (χ3v) is 11.0. The number of aromatic nitrogens is 2. The monoisotopic (exact) mass is 774 g/mol. The first kappa shape index (κ1) is 37.6. The number of ether oxygens (including phenoxy) is 1. The normalized spacial score (nSPS) is 18.2. The molecule has 0 saturated carbocycles. The van der Waals surface area contributed by atoms with Gasteiger partial charge in [-0.25, -0.2) is 9.97 Å². The maximum Gasteiger partial charge on any atom is 0.420 e. The minimum Gasteiger partial charge on any atom is -0.480 e. The van der Waals surface area contributed by atoms with Crippen LogP contribution in [0.1, 0.15) is 54.0 Å². The van der Waals surface area contributed by atoms with E-state index in [9.17, 15) is 31.9 Å². The summed E-state index contributed by atoms with van der Waals surface area (Å²) in [6.07, 6.45) is -2.50. The second kappa shape index (κ2) is 14.6. The Morgan fingerprint density at radius 1 is 0.893 bits per heavy atom. The number of aliphatic carboxylic acids is 1. The molecule has 2 aliphatic heterocycles. The highest BCUT2D eigenvalue weighted by molar-refractivity contribution is 5.86. The summed E-state index contributed by atoms with van der Waals surface area (Å²) >= 11 is 0. The number of likely N-dealkylation sites (tertiary alicyclic amines) is 2. The molecule has 4 heterocycles. The highest BCUT2D eigenvalue weighted by atomic mass is 19.4. The molecule has 0 radical (unpaired) electrons. The highest BCUT2D eigenvalue weighted by Gasteiger charge is 2.36. The summed E-state index contributed by atoms with van der Waals surface area (Å²) in [5.74, 6) is -0.294. The minimum atomic E-state index is -4.64. The zero-order chi connectivity index (χ0) is 39.5. The quantitative estimate of drug-likeness (QED) is 0.136. The fourth-order valence-corrected chi connectivity index (χ4v) is 8.21. The van der Waals surface area contributed by atoms with E-state index in [1.54, 1.807) is 29.2 Å². The Balaban J connectivity index is 1.14. The minimum absolute atomic E-state index is 0.0748. The Labute approximate surface area is 318 Å². The van der Waals surface area contributed by atoms with Gasteiger partial charge in [0, 0.05) is 42.4 Å². The summed E-state index contributed by atoms with van der Waals surface area (Å²) in [7, 11) is 0. The van der Waals surface area contributed by atoms with Gasteiger partial charge in [-0.1, -0.05) is 31.2 Å². The lowest BCUT2D eigenvalue weighted by Crippen LogP contribution is -2.35. The van der Waals surface area contributed by atoms with E-state index in [0.29, 0.717) is 59.6 Å². The molecule has 2 aromatic heterocycles. The standard InChI is InChI=1S/C42H39F5N4O5/c1-22-12-14-50(19-22)20-25-15-31(42(45,46)47)37-33(16-25)49-39(56-37)30-10-5-8-28(24(30)3)27-7-4-9-29(23(27)2)38-48-32-17-26(21-51-13-6-11-34(51)40(52)53)35(55-41(43)44)18-36(32)54-38/h4-5,7-10,15-18,22,34,41H,6,11-14,19-21H2,1-3H3,(H,52,53)/t22?,34-/m0/s1. The van der Waals surface area contributed by atoms with Crippen LogP contribution in [0, 0.1) is 19.8 Å². The van der Waals surface area contributed by atoms with Crippen molar-refractivity contribution in [2.24, 2.45) is 5.92 Å². The summed E-state index contributed by atoms with van der Waals surface area (Å²) in [6.45, 7) is 5.41. The maximum atomic E-state index is 14.4. The number of carboxylic acid groups (broad SMARTS) is 1. The number of carboxylic acids is 1. The number of rotatable bonds is 10. The van der Waals surface area contributed by atoms with Crippen molar-refractivity contribution in [2.75, 3.05) is 19.6 Å². The van der Waals surface area contributed by atoms with Gasteiger partial charge in [-0.05, 0) is 110 Å². The molecule has 2 saturated heterocycles. The van der Waals surface area contributed by atoms with Crippen LogP contribution in [0.2, 0.25) is 0 Å². The van der Waals surface area contributed by atoms with Gasteiger partial charge in [0.05, 0.1) is 0 Å². The van der Waals surface area contributed by atoms with Crippen molar-refractivity contribution in [1.29, 1.82) is 0 Å². The van der Waals surface area contributed by atoms with E-state index >= 15 is 0 Å². The molecule has 9 nitrogen and oxygen atoms in total. The molecule has 6 aromatic rings. The Hall–Kier alpha value is -5.34. The number of nitrogens with zero attached hydrogens (tertiary/aromatic N) is 4. The van der Waals surface area contributed by atoms with Gasteiger partial charge in [-0.2, -0.15) is 22.0 Å². The molecule has 0 amide bonds. The molecule has 2 fully saturated rings. The summed E-state index contributed by atoms with van der Waals surface area (Å²) < 4.78 is 87.0. The van der Waals surface area contributed by atoms with Gasteiger partial charge >= 0.3 is 18.8 Å². The fraction of sp³-hybridized carbons (Fsp3) is 0.357. The number of hydrogen-bond donors (Lipinski definition) is 1. The number of fused-ring (bicyclic) bond motifs is 2. The summed E-state index contributed by atoms with van der Waals surface area (Å²) in [6, 6.07) is 16.1. The SMILES string of the molecule is Cc1c(-c2nc3cc(CN4CCC[C@H]4C(=O)O)c(OC(F)F)cc3o2)cccc1-c1cccc(-c2nc3cc(CN4CCC(C)C4)cc(C(F)(F)F)c3o2)c1C. The molecule has 8 rings (SSSR count). The molecule has 1 N–H and O–H groups in total. The van der Waals surface area contributed by atoms with E-state index < -0.39 is 30.4 Å². The number of carbonyl (C=O) groups is 1. The molecular weight excluding hydrogens is 735 g/mol. The lowest BCUT2D eigenvalue weighted by Gasteiger charge is -2.22. The Bertz CT molecular complexity index is 2460. The molecule has 0 aliphatic carbocycles. The van der Waals surface area contributed by atoms with Crippen LogP contribution in [0.3, 0.4) is 0 Å². The van der Waals surface area contributed by atoms with Crippen molar-refractivity contribution in [3.8, 4) is 39.8 Å². The van der Waals surface area contributed by atoms with Gasteiger partial charge in [0.1, 0.15) is 28.4 Å². The first-order valence-electron chi connectivity index (χ1n) is 18.5. The van der Waals surface area contributed by atoms with Gasteiger partial charge in [0.2, 0.25) is 11.8 Å². The van der Waals surface area contributed by atoms with Crippen molar-refractivity contribution in [3.05, 3.63) is 88.5 Å². The van der Waals surface area contributed by atoms with E-state index in [1.807, 2.05) is 38.1 Å². The topological polar surface area (TPSA) is 105 Å². The largest absolute Gasteiger partial charge is 0.480 e. The van der Waals surface area contributed by atoms with Crippen LogP contribution in [0.25, 0.3) is 56.2 Å². The second-order valence-electron chi connectivity index (χ2n) is 14.9. The van der Waals surface area contributed by atoms with Crippen molar-refractivity contribution in [2.45, 2.75) is 72.0 Å². The molecule has 292 valence electrons. The predicted molar refractivity (Wildman–Crippen MR) is 199 cm³/mol. The third-order valence-electron chi connectivity index (χ3n) is 11.0. The van der Waals surface area contributed by atoms with Crippen LogP contribution < -0.4 is 4.74 Å². The molecule has 2 aliphatic rings. The molecule has 14 heteroatoms. The Morgan fingerprint density at radius 2 is 1.55 bits per heavy atom. The lowest BCUT2D eigenvalue weighted by atomic mass is 9.91. The van der Waals surface area contributed by atoms with Crippen molar-refractivity contribution >= 4 is 28.2 Å². The van der Waals surface area contributed by atoms with Crippen molar-refractivity contribution in [1.82, 2.24) is 19.8 Å². The maximum absolute atomic E-state index is 14.4. The number of hydrogen-bond acceptors (Lipinski definition) is 8. The van der Waals surface area contributed by atoms with E-state index in [4.69, 9.17) is 18.6 Å². The van der Waals surface area contributed by atoms with E-state index in [-0.39, 0.29) is 40.8 Å². The van der Waals surface area contributed by atoms with E-state index in [1.165, 1.54) is 12.1 Å². The van der Waals surface area contributed by atoms with Gasteiger partial charge in [-0.15, -0.1) is 0 Å². The molecule has 0 spiro atoms. The molecular formula is C42H39F5N4O5. The average Bonchev–Trinajstić information content (AvgIpc) is 3.95. The van der Waals surface area contributed by atoms with Gasteiger partial charge < -0.3 is 18.7 Å². The number of oxazole rings is 2. The van der Waals surface area contributed by atoms with Gasteiger partial charge in [0.15, 0.2) is 11.2 Å². The zero-order valence-electron chi connectivity index (χ0n) is 30.9. The van der Waals surface area contributed by atoms with Gasteiger partial charge in [0.25, 0.3) is 0 Å². The molecule has 2 atom stereocenters. The number of alkyl halides is 5. The van der Waals surface area contributed by atoms with Crippen molar-refractivity contribution in [3.63, 3.8) is 0 Å². The molecule has 4 aromatic carbocycles. The Morgan fingerprint density at radius 3 is 2.18 bits per heavy atom. The van der Waals surface area contributed by atoms with Crippen LogP contribution in [-0.4, -0.2) is 63.1 Å².